The quantitative estimate of drug-likeness (QED) is 0.849. The zero-order valence-corrected chi connectivity index (χ0v) is 17.5. The van der Waals surface area contributed by atoms with Gasteiger partial charge in [-0.2, -0.15) is 0 Å². The molecule has 1 N–H and O–H groups in total. The van der Waals surface area contributed by atoms with Crippen LogP contribution in [0.3, 0.4) is 0 Å². The molecule has 3 heterocycles. The molecular formula is C23H29N3O3. The van der Waals surface area contributed by atoms with Gasteiger partial charge in [0.05, 0.1) is 12.8 Å². The first-order valence-corrected chi connectivity index (χ1v) is 10.7. The molecule has 2 fully saturated rings. The molecule has 0 unspecified atom stereocenters. The maximum Gasteiger partial charge on any atom is 0.255 e. The Balaban J connectivity index is 1.59. The first-order chi connectivity index (χ1) is 13.9. The normalized spacial score (nSPS) is 29.8. The van der Waals surface area contributed by atoms with E-state index in [0.717, 1.165) is 60.0 Å². The van der Waals surface area contributed by atoms with Crippen molar-refractivity contribution < 1.29 is 14.3 Å². The summed E-state index contributed by atoms with van der Waals surface area (Å²) in [5, 5.41) is 1.09. The number of hydrogen-bond donors (Lipinski definition) is 1. The lowest BCUT2D eigenvalue weighted by molar-refractivity contribution is -0.169. The van der Waals surface area contributed by atoms with Crippen LogP contribution in [0.2, 0.25) is 0 Å². The van der Waals surface area contributed by atoms with Gasteiger partial charge in [-0.05, 0) is 68.7 Å². The van der Waals surface area contributed by atoms with Crippen LogP contribution in [-0.4, -0.2) is 52.8 Å². The van der Waals surface area contributed by atoms with Gasteiger partial charge in [0.15, 0.2) is 5.54 Å². The van der Waals surface area contributed by atoms with Crippen LogP contribution in [-0.2, 0) is 21.5 Å². The van der Waals surface area contributed by atoms with E-state index >= 15 is 0 Å². The molecule has 1 aliphatic carbocycles. The Morgan fingerprint density at radius 3 is 2.66 bits per heavy atom. The SMILES string of the molecule is COc1ccc2[nH]c3c(c2c1)CCN1C(=O)CN(C2CCC(C)CC2)C(=O)[C@@]31C. The van der Waals surface area contributed by atoms with Gasteiger partial charge in [-0.3, -0.25) is 9.59 Å². The summed E-state index contributed by atoms with van der Waals surface area (Å²) >= 11 is 0. The van der Waals surface area contributed by atoms with Crippen molar-refractivity contribution in [3.8, 4) is 5.75 Å². The van der Waals surface area contributed by atoms with Crippen molar-refractivity contribution in [1.29, 1.82) is 0 Å². The van der Waals surface area contributed by atoms with E-state index in [-0.39, 0.29) is 24.4 Å². The fourth-order valence-corrected chi connectivity index (χ4v) is 5.64. The number of aromatic amines is 1. The minimum atomic E-state index is -0.960. The third-order valence-electron chi connectivity index (χ3n) is 7.44. The Labute approximate surface area is 171 Å². The van der Waals surface area contributed by atoms with E-state index in [9.17, 15) is 9.59 Å². The molecule has 1 saturated heterocycles. The fraction of sp³-hybridized carbons (Fsp3) is 0.565. The molecule has 154 valence electrons. The maximum absolute atomic E-state index is 13.9. The van der Waals surface area contributed by atoms with Crippen molar-refractivity contribution in [1.82, 2.24) is 14.8 Å². The number of nitrogens with one attached hydrogen (secondary N) is 1. The lowest BCUT2D eigenvalue weighted by atomic mass is 9.80. The number of rotatable bonds is 2. The molecule has 29 heavy (non-hydrogen) atoms. The van der Waals surface area contributed by atoms with Crippen LogP contribution in [0, 0.1) is 5.92 Å². The van der Waals surface area contributed by atoms with Gasteiger partial charge in [0.1, 0.15) is 12.3 Å². The summed E-state index contributed by atoms with van der Waals surface area (Å²) in [6.45, 7) is 4.99. The van der Waals surface area contributed by atoms with Crippen molar-refractivity contribution in [3.05, 3.63) is 29.5 Å². The maximum atomic E-state index is 13.9. The van der Waals surface area contributed by atoms with Crippen LogP contribution in [0.1, 0.15) is 50.8 Å². The van der Waals surface area contributed by atoms with Gasteiger partial charge < -0.3 is 19.5 Å². The van der Waals surface area contributed by atoms with E-state index in [4.69, 9.17) is 4.74 Å². The zero-order chi connectivity index (χ0) is 20.3. The minimum absolute atomic E-state index is 0.0626. The number of H-pyrrole nitrogens is 1. The Kier molecular flexibility index (Phi) is 4.16. The number of methoxy groups -OCH3 is 1. The van der Waals surface area contributed by atoms with Crippen LogP contribution in [0.5, 0.6) is 5.75 Å². The second kappa shape index (κ2) is 6.51. The van der Waals surface area contributed by atoms with Gasteiger partial charge in [-0.15, -0.1) is 0 Å². The standard InChI is InChI=1S/C23H29N3O3/c1-14-4-6-15(7-5-14)25-13-20(27)26-11-10-17-18-12-16(29-3)8-9-19(18)24-21(17)23(26,2)22(25)28/h8-9,12,14-15,24H,4-7,10-11,13H2,1-3H3/t14?,15?,23-/m1/s1. The molecule has 1 aromatic carbocycles. The largest absolute Gasteiger partial charge is 0.497 e. The van der Waals surface area contributed by atoms with Crippen molar-refractivity contribution in [2.75, 3.05) is 20.2 Å². The molecule has 0 bridgehead atoms. The Bertz CT molecular complexity index is 989. The van der Waals surface area contributed by atoms with Crippen LogP contribution in [0.25, 0.3) is 10.9 Å². The van der Waals surface area contributed by atoms with Gasteiger partial charge in [-0.1, -0.05) is 6.92 Å². The highest BCUT2D eigenvalue weighted by atomic mass is 16.5. The zero-order valence-electron chi connectivity index (χ0n) is 17.5. The minimum Gasteiger partial charge on any atom is -0.497 e. The fourth-order valence-electron chi connectivity index (χ4n) is 5.64. The first-order valence-electron chi connectivity index (χ1n) is 10.7. The van der Waals surface area contributed by atoms with Crippen LogP contribution in [0.15, 0.2) is 18.2 Å². The highest BCUT2D eigenvalue weighted by molar-refractivity contribution is 6.01. The molecular weight excluding hydrogens is 366 g/mol. The van der Waals surface area contributed by atoms with Gasteiger partial charge in [0.25, 0.3) is 5.91 Å². The highest BCUT2D eigenvalue weighted by Gasteiger charge is 2.55. The number of amides is 2. The molecule has 6 heteroatoms. The smallest absolute Gasteiger partial charge is 0.255 e. The second-order valence-electron chi connectivity index (χ2n) is 9.10. The van der Waals surface area contributed by atoms with Gasteiger partial charge >= 0.3 is 0 Å². The Morgan fingerprint density at radius 1 is 1.17 bits per heavy atom. The molecule has 6 nitrogen and oxygen atoms in total. The van der Waals surface area contributed by atoms with Crippen molar-refractivity contribution in [2.24, 2.45) is 5.92 Å². The van der Waals surface area contributed by atoms with E-state index in [0.29, 0.717) is 12.5 Å². The number of aromatic nitrogens is 1. The lowest BCUT2D eigenvalue weighted by Crippen LogP contribution is -2.68. The summed E-state index contributed by atoms with van der Waals surface area (Å²) in [5.74, 6) is 1.64. The predicted molar refractivity (Wildman–Crippen MR) is 111 cm³/mol. The molecule has 0 radical (unpaired) electrons. The molecule has 0 spiro atoms. The molecule has 2 aliphatic heterocycles. The number of piperazine rings is 1. The van der Waals surface area contributed by atoms with E-state index in [1.54, 1.807) is 12.0 Å². The third-order valence-corrected chi connectivity index (χ3v) is 7.44. The van der Waals surface area contributed by atoms with Crippen LogP contribution in [0.4, 0.5) is 0 Å². The van der Waals surface area contributed by atoms with Gasteiger partial charge in [-0.25, -0.2) is 0 Å². The molecule has 1 saturated carbocycles. The van der Waals surface area contributed by atoms with E-state index in [1.165, 1.54) is 0 Å². The molecule has 2 aromatic rings. The number of benzene rings is 1. The van der Waals surface area contributed by atoms with Crippen LogP contribution >= 0.6 is 0 Å². The second-order valence-corrected chi connectivity index (χ2v) is 9.10. The monoisotopic (exact) mass is 395 g/mol. The Morgan fingerprint density at radius 2 is 1.93 bits per heavy atom. The average molecular weight is 396 g/mol. The summed E-state index contributed by atoms with van der Waals surface area (Å²) in [7, 11) is 1.66. The van der Waals surface area contributed by atoms with Crippen molar-refractivity contribution in [3.63, 3.8) is 0 Å². The number of fused-ring (bicyclic) bond motifs is 5. The molecule has 5 rings (SSSR count). The van der Waals surface area contributed by atoms with E-state index in [1.807, 2.05) is 30.0 Å². The molecule has 3 aliphatic rings. The van der Waals surface area contributed by atoms with E-state index < -0.39 is 5.54 Å². The first kappa shape index (κ1) is 18.5. The summed E-state index contributed by atoms with van der Waals surface area (Å²) in [6, 6.07) is 6.12. The summed E-state index contributed by atoms with van der Waals surface area (Å²) in [6.07, 6.45) is 4.99. The van der Waals surface area contributed by atoms with Crippen molar-refractivity contribution >= 4 is 22.7 Å². The van der Waals surface area contributed by atoms with Gasteiger partial charge in [0.2, 0.25) is 5.91 Å². The van der Waals surface area contributed by atoms with E-state index in [2.05, 4.69) is 11.9 Å². The Hall–Kier alpha value is -2.50. The number of carbonyl (C=O) groups excluding carboxylic acids is 2. The third kappa shape index (κ3) is 2.61. The average Bonchev–Trinajstić information content (AvgIpc) is 3.10. The number of carbonyl (C=O) groups is 2. The molecule has 2 amide bonds. The highest BCUT2D eigenvalue weighted by Crippen LogP contribution is 2.43. The molecule has 1 atom stereocenters. The lowest BCUT2D eigenvalue weighted by Gasteiger charge is -2.52. The summed E-state index contributed by atoms with van der Waals surface area (Å²) < 4.78 is 5.40. The number of nitrogens with zero attached hydrogens (tertiary/aromatic N) is 2. The van der Waals surface area contributed by atoms with Crippen molar-refractivity contribution in [2.45, 2.75) is 57.5 Å². The topological polar surface area (TPSA) is 65.6 Å². The number of hydrogen-bond acceptors (Lipinski definition) is 3. The summed E-state index contributed by atoms with van der Waals surface area (Å²) in [5.41, 5.74) is 2.04. The summed E-state index contributed by atoms with van der Waals surface area (Å²) in [4.78, 5) is 34.1. The van der Waals surface area contributed by atoms with Gasteiger partial charge in [0, 0.05) is 23.5 Å². The molecule has 1 aromatic heterocycles. The predicted octanol–water partition coefficient (Wildman–Crippen LogP) is 3.20. The van der Waals surface area contributed by atoms with Crippen LogP contribution < -0.4 is 4.74 Å². The number of ether oxygens (including phenoxy) is 1.